The number of carbonyl (C=O) groups is 1. The number of tetrazole rings is 1. The lowest BCUT2D eigenvalue weighted by molar-refractivity contribution is -0.156. The minimum absolute atomic E-state index is 0.339. The van der Waals surface area contributed by atoms with Gasteiger partial charge in [0.25, 0.3) is 0 Å². The molecule has 1 saturated heterocycles. The fourth-order valence-electron chi connectivity index (χ4n) is 2.67. The van der Waals surface area contributed by atoms with Gasteiger partial charge in [0, 0.05) is 0 Å². The normalized spacial score (nSPS) is 25.9. The van der Waals surface area contributed by atoms with Gasteiger partial charge in [-0.3, -0.25) is 4.79 Å². The highest BCUT2D eigenvalue weighted by Crippen LogP contribution is 2.44. The molecule has 1 atom stereocenters. The summed E-state index contributed by atoms with van der Waals surface area (Å²) in [4.78, 5) is 11.4. The number of rotatable bonds is 4. The number of aromatic nitrogens is 4. The molecule has 1 unspecified atom stereocenters. The molecule has 0 aromatic carbocycles. The second-order valence-electron chi connectivity index (χ2n) is 5.14. The van der Waals surface area contributed by atoms with E-state index in [0.717, 1.165) is 37.3 Å². The van der Waals surface area contributed by atoms with Gasteiger partial charge in [0.1, 0.15) is 0 Å². The predicted molar refractivity (Wildman–Crippen MR) is 66.2 cm³/mol. The summed E-state index contributed by atoms with van der Waals surface area (Å²) in [7, 11) is 0. The molecule has 6 nitrogen and oxygen atoms in total. The van der Waals surface area contributed by atoms with Crippen molar-refractivity contribution in [1.82, 2.24) is 20.2 Å². The molecule has 2 aliphatic rings. The molecule has 3 rings (SSSR count). The van der Waals surface area contributed by atoms with Crippen molar-refractivity contribution in [2.75, 3.05) is 5.75 Å². The third-order valence-corrected chi connectivity index (χ3v) is 5.37. The van der Waals surface area contributed by atoms with Crippen molar-refractivity contribution in [3.8, 4) is 0 Å². The molecule has 1 aromatic heterocycles. The molecule has 1 N–H and O–H groups in total. The molecule has 7 heteroatoms. The molecule has 2 heterocycles. The van der Waals surface area contributed by atoms with Crippen LogP contribution >= 0.6 is 11.8 Å². The fraction of sp³-hybridized carbons (Fsp3) is 0.818. The van der Waals surface area contributed by atoms with Gasteiger partial charge in [-0.1, -0.05) is 6.42 Å². The van der Waals surface area contributed by atoms with Crippen molar-refractivity contribution in [3.05, 3.63) is 5.82 Å². The lowest BCUT2D eigenvalue weighted by atomic mass is 9.69. The zero-order valence-corrected chi connectivity index (χ0v) is 10.9. The number of carboxylic acids is 1. The molecular weight excluding hydrogens is 252 g/mol. The van der Waals surface area contributed by atoms with E-state index in [4.69, 9.17) is 0 Å². The van der Waals surface area contributed by atoms with E-state index < -0.39 is 11.4 Å². The van der Waals surface area contributed by atoms with E-state index in [1.807, 2.05) is 11.8 Å². The number of hydrogen-bond donors (Lipinski definition) is 1. The van der Waals surface area contributed by atoms with Gasteiger partial charge in [-0.15, -0.1) is 5.10 Å². The van der Waals surface area contributed by atoms with Gasteiger partial charge in [0.2, 0.25) is 0 Å². The van der Waals surface area contributed by atoms with E-state index in [0.29, 0.717) is 11.8 Å². The molecule has 1 saturated carbocycles. The highest BCUT2D eigenvalue weighted by Gasteiger charge is 2.45. The summed E-state index contributed by atoms with van der Waals surface area (Å²) < 4.78 is 1.72. The highest BCUT2D eigenvalue weighted by molar-refractivity contribution is 7.99. The van der Waals surface area contributed by atoms with Gasteiger partial charge in [-0.25, -0.2) is 4.68 Å². The predicted octanol–water partition coefficient (Wildman–Crippen LogP) is 1.50. The molecule has 0 bridgehead atoms. The Morgan fingerprint density at radius 1 is 1.50 bits per heavy atom. The molecule has 18 heavy (non-hydrogen) atoms. The summed E-state index contributed by atoms with van der Waals surface area (Å²) in [5.74, 6) is 1.28. The number of carboxylic acid groups (broad SMARTS) is 1. The first kappa shape index (κ1) is 12.0. The number of hydrogen-bond acceptors (Lipinski definition) is 5. The number of nitrogens with zero attached hydrogens (tertiary/aromatic N) is 4. The van der Waals surface area contributed by atoms with Gasteiger partial charge in [-0.2, -0.15) is 11.8 Å². The van der Waals surface area contributed by atoms with Crippen LogP contribution in [0.2, 0.25) is 0 Å². The molecule has 0 radical (unpaired) electrons. The van der Waals surface area contributed by atoms with Crippen molar-refractivity contribution in [2.24, 2.45) is 5.41 Å². The SMILES string of the molecule is O=C(O)C1(Cn2nnnc2C2CCCS2)CCC1. The van der Waals surface area contributed by atoms with E-state index in [1.54, 1.807) is 4.68 Å². The zero-order chi connectivity index (χ0) is 12.6. The van der Waals surface area contributed by atoms with Crippen LogP contribution in [0.1, 0.15) is 43.2 Å². The third-order valence-electron chi connectivity index (χ3n) is 3.99. The van der Waals surface area contributed by atoms with Crippen LogP contribution in [0.25, 0.3) is 0 Å². The van der Waals surface area contributed by atoms with Crippen molar-refractivity contribution >= 4 is 17.7 Å². The minimum Gasteiger partial charge on any atom is -0.481 e. The zero-order valence-electron chi connectivity index (χ0n) is 10.1. The Morgan fingerprint density at radius 3 is 2.89 bits per heavy atom. The van der Waals surface area contributed by atoms with Gasteiger partial charge >= 0.3 is 5.97 Å². The summed E-state index contributed by atoms with van der Waals surface area (Å²) in [6, 6.07) is 0. The first-order valence-electron chi connectivity index (χ1n) is 6.32. The van der Waals surface area contributed by atoms with Crippen molar-refractivity contribution in [1.29, 1.82) is 0 Å². The lowest BCUT2D eigenvalue weighted by Crippen LogP contribution is -2.42. The smallest absolute Gasteiger partial charge is 0.311 e. The molecule has 98 valence electrons. The van der Waals surface area contributed by atoms with Crippen molar-refractivity contribution in [2.45, 2.75) is 43.9 Å². The number of thioether (sulfide) groups is 1. The summed E-state index contributed by atoms with van der Waals surface area (Å²) in [6.45, 7) is 0.418. The van der Waals surface area contributed by atoms with Crippen LogP contribution in [0.15, 0.2) is 0 Å². The second kappa shape index (κ2) is 4.53. The Morgan fingerprint density at radius 2 is 2.33 bits per heavy atom. The average Bonchev–Trinajstić information content (AvgIpc) is 2.93. The summed E-state index contributed by atoms with van der Waals surface area (Å²) >= 11 is 1.86. The molecule has 1 aromatic rings. The molecule has 0 amide bonds. The van der Waals surface area contributed by atoms with Gasteiger partial charge < -0.3 is 5.11 Å². The standard InChI is InChI=1S/C11H16N4O2S/c16-10(17)11(4-2-5-11)7-15-9(12-13-14-15)8-3-1-6-18-8/h8H,1-7H2,(H,16,17). The maximum atomic E-state index is 11.4. The lowest BCUT2D eigenvalue weighted by Gasteiger charge is -2.37. The Bertz CT molecular complexity index is 452. The fourth-order valence-corrected chi connectivity index (χ4v) is 3.93. The largest absolute Gasteiger partial charge is 0.481 e. The topological polar surface area (TPSA) is 80.9 Å². The molecule has 1 aliphatic heterocycles. The first-order valence-corrected chi connectivity index (χ1v) is 7.37. The van der Waals surface area contributed by atoms with Crippen LogP contribution in [0.5, 0.6) is 0 Å². The Labute approximate surface area is 109 Å². The number of aliphatic carboxylic acids is 1. The Kier molecular flexibility index (Phi) is 3.01. The molecule has 0 spiro atoms. The molecule has 2 fully saturated rings. The van der Waals surface area contributed by atoms with Gasteiger partial charge in [-0.05, 0) is 41.9 Å². The third kappa shape index (κ3) is 1.90. The van der Waals surface area contributed by atoms with Crippen molar-refractivity contribution in [3.63, 3.8) is 0 Å². The van der Waals surface area contributed by atoms with E-state index in [1.165, 1.54) is 6.42 Å². The minimum atomic E-state index is -0.714. The summed E-state index contributed by atoms with van der Waals surface area (Å²) in [6.07, 6.45) is 4.73. The highest BCUT2D eigenvalue weighted by atomic mass is 32.2. The Hall–Kier alpha value is -1.11. The summed E-state index contributed by atoms with van der Waals surface area (Å²) in [5, 5.41) is 21.5. The monoisotopic (exact) mass is 268 g/mol. The second-order valence-corrected chi connectivity index (χ2v) is 6.45. The maximum absolute atomic E-state index is 11.4. The average molecular weight is 268 g/mol. The maximum Gasteiger partial charge on any atom is 0.311 e. The molecule has 1 aliphatic carbocycles. The van der Waals surface area contributed by atoms with E-state index in [9.17, 15) is 9.90 Å². The van der Waals surface area contributed by atoms with Gasteiger partial charge in [0.05, 0.1) is 17.2 Å². The van der Waals surface area contributed by atoms with E-state index in [2.05, 4.69) is 15.5 Å². The quantitative estimate of drug-likeness (QED) is 0.891. The van der Waals surface area contributed by atoms with Crippen LogP contribution < -0.4 is 0 Å². The first-order chi connectivity index (χ1) is 8.71. The van der Waals surface area contributed by atoms with E-state index in [-0.39, 0.29) is 0 Å². The van der Waals surface area contributed by atoms with Crippen LogP contribution in [0.4, 0.5) is 0 Å². The van der Waals surface area contributed by atoms with Crippen LogP contribution in [0, 0.1) is 5.41 Å². The van der Waals surface area contributed by atoms with Gasteiger partial charge in [0.15, 0.2) is 5.82 Å². The Balaban J connectivity index is 1.80. The molecular formula is C11H16N4O2S. The summed E-state index contributed by atoms with van der Waals surface area (Å²) in [5.41, 5.74) is -0.632. The van der Waals surface area contributed by atoms with Crippen LogP contribution in [0.3, 0.4) is 0 Å². The van der Waals surface area contributed by atoms with Crippen LogP contribution in [-0.4, -0.2) is 37.0 Å². The van der Waals surface area contributed by atoms with Crippen molar-refractivity contribution < 1.29 is 9.90 Å². The van der Waals surface area contributed by atoms with E-state index >= 15 is 0 Å². The van der Waals surface area contributed by atoms with Crippen LogP contribution in [-0.2, 0) is 11.3 Å².